The van der Waals surface area contributed by atoms with Crippen molar-refractivity contribution in [2.45, 2.75) is 65.2 Å². The molecule has 1 amide bonds. The number of unbranched alkanes of at least 4 members (excludes halogenated alkanes) is 5. The van der Waals surface area contributed by atoms with Crippen molar-refractivity contribution < 1.29 is 14.3 Å². The minimum absolute atomic E-state index is 0.145. The molecule has 120 valence electrons. The first-order valence-corrected chi connectivity index (χ1v) is 8.23. The fraction of sp³-hybridized carbons (Fsp3) is 0.938. The lowest BCUT2D eigenvalue weighted by Gasteiger charge is -2.07. The zero-order valence-electron chi connectivity index (χ0n) is 13.4. The summed E-state index contributed by atoms with van der Waals surface area (Å²) in [6.07, 6.45) is 8.98. The summed E-state index contributed by atoms with van der Waals surface area (Å²) in [5.41, 5.74) is 0. The van der Waals surface area contributed by atoms with Gasteiger partial charge in [0, 0.05) is 19.6 Å². The molecule has 0 fully saturated rings. The first kappa shape index (κ1) is 19.4. The average Bonchev–Trinajstić information content (AvgIpc) is 2.45. The average molecular weight is 287 g/mol. The SMILES string of the molecule is CCCCCCCCC(=O)NCCOCCOCCC. The second-order valence-electron chi connectivity index (χ2n) is 5.09. The molecule has 0 aliphatic rings. The first-order chi connectivity index (χ1) is 9.81. The molecule has 0 aromatic rings. The number of hydrogen-bond acceptors (Lipinski definition) is 3. The van der Waals surface area contributed by atoms with Crippen molar-refractivity contribution in [3.8, 4) is 0 Å². The Morgan fingerprint density at radius 3 is 2.15 bits per heavy atom. The van der Waals surface area contributed by atoms with Gasteiger partial charge in [0.1, 0.15) is 0 Å². The molecule has 0 atom stereocenters. The fourth-order valence-corrected chi connectivity index (χ4v) is 1.88. The van der Waals surface area contributed by atoms with E-state index in [-0.39, 0.29) is 5.91 Å². The molecule has 4 nitrogen and oxygen atoms in total. The highest BCUT2D eigenvalue weighted by Gasteiger charge is 2.00. The van der Waals surface area contributed by atoms with Gasteiger partial charge in [-0.25, -0.2) is 0 Å². The van der Waals surface area contributed by atoms with E-state index in [0.29, 0.717) is 32.8 Å². The molecular formula is C16H33NO3. The summed E-state index contributed by atoms with van der Waals surface area (Å²) in [6, 6.07) is 0. The standard InChI is InChI=1S/C16H33NO3/c1-3-5-6-7-8-9-10-16(18)17-11-13-20-15-14-19-12-4-2/h3-15H2,1-2H3,(H,17,18). The zero-order valence-corrected chi connectivity index (χ0v) is 13.4. The van der Waals surface area contributed by atoms with Gasteiger partial charge in [0.2, 0.25) is 5.91 Å². The molecule has 1 N–H and O–H groups in total. The van der Waals surface area contributed by atoms with Crippen LogP contribution in [0.3, 0.4) is 0 Å². The van der Waals surface area contributed by atoms with Crippen LogP contribution in [0.4, 0.5) is 0 Å². The van der Waals surface area contributed by atoms with Gasteiger partial charge in [-0.1, -0.05) is 46.0 Å². The molecule has 20 heavy (non-hydrogen) atoms. The van der Waals surface area contributed by atoms with E-state index in [9.17, 15) is 4.79 Å². The highest BCUT2D eigenvalue weighted by Crippen LogP contribution is 2.06. The molecule has 4 heteroatoms. The van der Waals surface area contributed by atoms with Crippen LogP contribution in [0.5, 0.6) is 0 Å². The summed E-state index contributed by atoms with van der Waals surface area (Å²) in [4.78, 5) is 11.5. The number of amides is 1. The monoisotopic (exact) mass is 287 g/mol. The van der Waals surface area contributed by atoms with Gasteiger partial charge < -0.3 is 14.8 Å². The van der Waals surface area contributed by atoms with Crippen LogP contribution in [0.2, 0.25) is 0 Å². The van der Waals surface area contributed by atoms with Crippen LogP contribution in [-0.4, -0.2) is 38.9 Å². The first-order valence-electron chi connectivity index (χ1n) is 8.23. The van der Waals surface area contributed by atoms with Crippen LogP contribution < -0.4 is 5.32 Å². The molecule has 0 aliphatic heterocycles. The Balaban J connectivity index is 3.12. The van der Waals surface area contributed by atoms with Gasteiger partial charge in [-0.3, -0.25) is 4.79 Å². The lowest BCUT2D eigenvalue weighted by molar-refractivity contribution is -0.121. The molecule has 0 radical (unpaired) electrons. The minimum Gasteiger partial charge on any atom is -0.379 e. The Labute approximate surface area is 124 Å². The van der Waals surface area contributed by atoms with Crippen LogP contribution in [-0.2, 0) is 14.3 Å². The van der Waals surface area contributed by atoms with Crippen molar-refractivity contribution >= 4 is 5.91 Å². The largest absolute Gasteiger partial charge is 0.379 e. The summed E-state index contributed by atoms with van der Waals surface area (Å²) in [7, 11) is 0. The number of carbonyl (C=O) groups is 1. The molecule has 0 saturated heterocycles. The maximum absolute atomic E-state index is 11.5. The van der Waals surface area contributed by atoms with Crippen molar-refractivity contribution in [2.75, 3.05) is 33.0 Å². The van der Waals surface area contributed by atoms with E-state index >= 15 is 0 Å². The third-order valence-electron chi connectivity index (χ3n) is 3.05. The molecular weight excluding hydrogens is 254 g/mol. The van der Waals surface area contributed by atoms with E-state index in [2.05, 4.69) is 19.2 Å². The van der Waals surface area contributed by atoms with Gasteiger partial charge in [0.15, 0.2) is 0 Å². The summed E-state index contributed by atoms with van der Waals surface area (Å²) in [6.45, 7) is 7.50. The van der Waals surface area contributed by atoms with Crippen molar-refractivity contribution in [3.05, 3.63) is 0 Å². The van der Waals surface area contributed by atoms with Gasteiger partial charge >= 0.3 is 0 Å². The predicted octanol–water partition coefficient (Wildman–Crippen LogP) is 3.30. The lowest BCUT2D eigenvalue weighted by Crippen LogP contribution is -2.27. The van der Waals surface area contributed by atoms with Gasteiger partial charge in [-0.05, 0) is 12.8 Å². The topological polar surface area (TPSA) is 47.6 Å². The zero-order chi connectivity index (χ0) is 14.9. The number of hydrogen-bond donors (Lipinski definition) is 1. The molecule has 0 rings (SSSR count). The van der Waals surface area contributed by atoms with Gasteiger partial charge in [-0.2, -0.15) is 0 Å². The van der Waals surface area contributed by atoms with E-state index in [4.69, 9.17) is 9.47 Å². The highest BCUT2D eigenvalue weighted by molar-refractivity contribution is 5.75. The summed E-state index contributed by atoms with van der Waals surface area (Å²) in [5, 5.41) is 2.88. The second kappa shape index (κ2) is 16.4. The van der Waals surface area contributed by atoms with Crippen molar-refractivity contribution in [1.82, 2.24) is 5.32 Å². The van der Waals surface area contributed by atoms with E-state index in [1.54, 1.807) is 0 Å². The molecule has 0 unspecified atom stereocenters. The molecule has 0 aliphatic carbocycles. The van der Waals surface area contributed by atoms with Crippen molar-refractivity contribution in [2.24, 2.45) is 0 Å². The maximum Gasteiger partial charge on any atom is 0.220 e. The van der Waals surface area contributed by atoms with Crippen LogP contribution in [0.1, 0.15) is 65.2 Å². The summed E-state index contributed by atoms with van der Waals surface area (Å²) < 4.78 is 10.7. The Hall–Kier alpha value is -0.610. The molecule has 0 heterocycles. The Bertz CT molecular complexity index is 210. The molecule has 0 bridgehead atoms. The van der Waals surface area contributed by atoms with Crippen molar-refractivity contribution in [3.63, 3.8) is 0 Å². The smallest absolute Gasteiger partial charge is 0.220 e. The normalized spacial score (nSPS) is 10.7. The van der Waals surface area contributed by atoms with Gasteiger partial charge in [0.05, 0.1) is 19.8 Å². The summed E-state index contributed by atoms with van der Waals surface area (Å²) in [5.74, 6) is 0.145. The quantitative estimate of drug-likeness (QED) is 0.470. The maximum atomic E-state index is 11.5. The van der Waals surface area contributed by atoms with E-state index in [1.165, 1.54) is 32.1 Å². The van der Waals surface area contributed by atoms with E-state index in [1.807, 2.05) is 0 Å². The predicted molar refractivity (Wildman–Crippen MR) is 82.9 cm³/mol. The fourth-order valence-electron chi connectivity index (χ4n) is 1.88. The lowest BCUT2D eigenvalue weighted by atomic mass is 10.1. The number of ether oxygens (including phenoxy) is 2. The third kappa shape index (κ3) is 15.4. The van der Waals surface area contributed by atoms with Crippen LogP contribution in [0.15, 0.2) is 0 Å². The Kier molecular flexibility index (Phi) is 15.9. The minimum atomic E-state index is 0.145. The Morgan fingerprint density at radius 2 is 1.45 bits per heavy atom. The Morgan fingerprint density at radius 1 is 0.800 bits per heavy atom. The van der Waals surface area contributed by atoms with Crippen LogP contribution in [0.25, 0.3) is 0 Å². The van der Waals surface area contributed by atoms with Crippen LogP contribution >= 0.6 is 0 Å². The number of rotatable bonds is 15. The highest BCUT2D eigenvalue weighted by atomic mass is 16.5. The van der Waals surface area contributed by atoms with Crippen LogP contribution in [0, 0.1) is 0 Å². The molecule has 0 aromatic heterocycles. The van der Waals surface area contributed by atoms with Gasteiger partial charge in [-0.15, -0.1) is 0 Å². The number of carbonyl (C=O) groups excluding carboxylic acids is 1. The van der Waals surface area contributed by atoms with Crippen molar-refractivity contribution in [1.29, 1.82) is 0 Å². The third-order valence-corrected chi connectivity index (χ3v) is 3.05. The van der Waals surface area contributed by atoms with E-state index < -0.39 is 0 Å². The molecule has 0 aromatic carbocycles. The molecule has 0 saturated carbocycles. The second-order valence-corrected chi connectivity index (χ2v) is 5.09. The summed E-state index contributed by atoms with van der Waals surface area (Å²) >= 11 is 0. The van der Waals surface area contributed by atoms with Gasteiger partial charge in [0.25, 0.3) is 0 Å². The number of nitrogens with one attached hydrogen (secondary N) is 1. The van der Waals surface area contributed by atoms with E-state index in [0.717, 1.165) is 19.4 Å². The molecule has 0 spiro atoms.